The number of carbonyl (C=O) groups is 1. The SMILES string of the molecule is CCNCCC(=O)Nc1cccc(F)c1F. The Labute approximate surface area is 92.8 Å². The number of amides is 1. The molecule has 0 saturated heterocycles. The molecule has 16 heavy (non-hydrogen) atoms. The molecule has 0 saturated carbocycles. The van der Waals surface area contributed by atoms with Crippen molar-refractivity contribution >= 4 is 11.6 Å². The molecular weight excluding hydrogens is 214 g/mol. The molecule has 0 unspecified atom stereocenters. The van der Waals surface area contributed by atoms with Crippen LogP contribution in [0.3, 0.4) is 0 Å². The second kappa shape index (κ2) is 6.17. The maximum Gasteiger partial charge on any atom is 0.225 e. The van der Waals surface area contributed by atoms with Gasteiger partial charge in [-0.1, -0.05) is 13.0 Å². The summed E-state index contributed by atoms with van der Waals surface area (Å²) in [5.41, 5.74) is -0.124. The molecule has 2 N–H and O–H groups in total. The van der Waals surface area contributed by atoms with Gasteiger partial charge < -0.3 is 10.6 Å². The molecule has 0 spiro atoms. The zero-order valence-electron chi connectivity index (χ0n) is 9.02. The molecule has 5 heteroatoms. The van der Waals surface area contributed by atoms with Crippen molar-refractivity contribution in [2.45, 2.75) is 13.3 Å². The van der Waals surface area contributed by atoms with E-state index >= 15 is 0 Å². The molecule has 1 aromatic carbocycles. The van der Waals surface area contributed by atoms with Crippen molar-refractivity contribution in [3.63, 3.8) is 0 Å². The van der Waals surface area contributed by atoms with E-state index in [2.05, 4.69) is 10.6 Å². The molecule has 0 radical (unpaired) electrons. The van der Waals surface area contributed by atoms with Gasteiger partial charge in [-0.2, -0.15) is 0 Å². The largest absolute Gasteiger partial charge is 0.323 e. The first kappa shape index (κ1) is 12.6. The Balaban J connectivity index is 2.53. The summed E-state index contributed by atoms with van der Waals surface area (Å²) >= 11 is 0. The molecule has 1 amide bonds. The highest BCUT2D eigenvalue weighted by molar-refractivity contribution is 5.90. The molecule has 1 aromatic rings. The number of hydrogen-bond donors (Lipinski definition) is 2. The van der Waals surface area contributed by atoms with E-state index in [1.54, 1.807) is 0 Å². The fourth-order valence-electron chi connectivity index (χ4n) is 1.19. The second-order valence-electron chi connectivity index (χ2n) is 3.25. The minimum Gasteiger partial charge on any atom is -0.323 e. The Hall–Kier alpha value is -1.49. The molecule has 0 atom stereocenters. The molecule has 0 aliphatic heterocycles. The standard InChI is InChI=1S/C11H14F2N2O/c1-2-14-7-6-10(16)15-9-5-3-4-8(12)11(9)13/h3-5,14H,2,6-7H2,1H3,(H,15,16). The van der Waals surface area contributed by atoms with Crippen LogP contribution in [0.15, 0.2) is 18.2 Å². The smallest absolute Gasteiger partial charge is 0.225 e. The fraction of sp³-hybridized carbons (Fsp3) is 0.364. The quantitative estimate of drug-likeness (QED) is 0.756. The third-order valence-corrected chi connectivity index (χ3v) is 2.00. The summed E-state index contributed by atoms with van der Waals surface area (Å²) in [6.45, 7) is 3.20. The molecular formula is C11H14F2N2O. The van der Waals surface area contributed by atoms with E-state index in [1.807, 2.05) is 6.92 Å². The third kappa shape index (κ3) is 3.58. The van der Waals surface area contributed by atoms with Crippen LogP contribution in [-0.2, 0) is 4.79 Å². The lowest BCUT2D eigenvalue weighted by Crippen LogP contribution is -2.21. The summed E-state index contributed by atoms with van der Waals surface area (Å²) in [4.78, 5) is 11.3. The second-order valence-corrected chi connectivity index (χ2v) is 3.25. The van der Waals surface area contributed by atoms with Gasteiger partial charge in [-0.15, -0.1) is 0 Å². The predicted molar refractivity (Wildman–Crippen MR) is 58.1 cm³/mol. The van der Waals surface area contributed by atoms with Crippen LogP contribution in [0, 0.1) is 11.6 Å². The van der Waals surface area contributed by atoms with E-state index < -0.39 is 11.6 Å². The van der Waals surface area contributed by atoms with Gasteiger partial charge in [-0.05, 0) is 18.7 Å². The van der Waals surface area contributed by atoms with Gasteiger partial charge in [0.25, 0.3) is 0 Å². The first-order valence-electron chi connectivity index (χ1n) is 5.09. The Kier molecular flexibility index (Phi) is 4.85. The number of carbonyl (C=O) groups excluding carboxylic acids is 1. The van der Waals surface area contributed by atoms with Gasteiger partial charge in [0, 0.05) is 13.0 Å². The lowest BCUT2D eigenvalue weighted by Gasteiger charge is -2.06. The predicted octanol–water partition coefficient (Wildman–Crippen LogP) is 1.90. The van der Waals surface area contributed by atoms with Gasteiger partial charge in [0.2, 0.25) is 5.91 Å². The van der Waals surface area contributed by atoms with Crippen LogP contribution in [0.1, 0.15) is 13.3 Å². The van der Waals surface area contributed by atoms with Crippen LogP contribution in [0.4, 0.5) is 14.5 Å². The van der Waals surface area contributed by atoms with E-state index in [4.69, 9.17) is 0 Å². The Morgan fingerprint density at radius 2 is 2.12 bits per heavy atom. The van der Waals surface area contributed by atoms with Crippen molar-refractivity contribution in [2.24, 2.45) is 0 Å². The molecule has 3 nitrogen and oxygen atoms in total. The maximum absolute atomic E-state index is 13.1. The highest BCUT2D eigenvalue weighted by Crippen LogP contribution is 2.16. The van der Waals surface area contributed by atoms with Gasteiger partial charge in [-0.25, -0.2) is 8.78 Å². The number of nitrogens with one attached hydrogen (secondary N) is 2. The highest BCUT2D eigenvalue weighted by atomic mass is 19.2. The molecule has 0 aliphatic carbocycles. The van der Waals surface area contributed by atoms with Crippen molar-refractivity contribution in [1.29, 1.82) is 0 Å². The summed E-state index contributed by atoms with van der Waals surface area (Å²) in [6.07, 6.45) is 0.226. The number of halogens is 2. The van der Waals surface area contributed by atoms with Crippen molar-refractivity contribution in [2.75, 3.05) is 18.4 Å². The van der Waals surface area contributed by atoms with Crippen molar-refractivity contribution in [1.82, 2.24) is 5.32 Å². The van der Waals surface area contributed by atoms with Crippen LogP contribution in [0.25, 0.3) is 0 Å². The zero-order chi connectivity index (χ0) is 12.0. The van der Waals surface area contributed by atoms with Crippen LogP contribution in [0.5, 0.6) is 0 Å². The molecule has 0 bridgehead atoms. The molecule has 0 heterocycles. The van der Waals surface area contributed by atoms with E-state index in [0.717, 1.165) is 12.6 Å². The maximum atomic E-state index is 13.1. The molecule has 88 valence electrons. The van der Waals surface area contributed by atoms with E-state index in [1.165, 1.54) is 12.1 Å². The number of benzene rings is 1. The number of anilines is 1. The summed E-state index contributed by atoms with van der Waals surface area (Å²) in [6, 6.07) is 3.67. The Morgan fingerprint density at radius 3 is 2.81 bits per heavy atom. The first-order valence-corrected chi connectivity index (χ1v) is 5.09. The highest BCUT2D eigenvalue weighted by Gasteiger charge is 2.09. The normalized spacial score (nSPS) is 10.2. The third-order valence-electron chi connectivity index (χ3n) is 2.00. The van der Waals surface area contributed by atoms with Gasteiger partial charge in [0.1, 0.15) is 0 Å². The summed E-state index contributed by atoms with van der Waals surface area (Å²) in [7, 11) is 0. The first-order chi connectivity index (χ1) is 7.65. The minimum atomic E-state index is -1.03. The fourth-order valence-corrected chi connectivity index (χ4v) is 1.19. The van der Waals surface area contributed by atoms with Gasteiger partial charge in [0.05, 0.1) is 5.69 Å². The molecule has 0 aliphatic rings. The van der Waals surface area contributed by atoms with E-state index in [-0.39, 0.29) is 18.0 Å². The van der Waals surface area contributed by atoms with Crippen molar-refractivity contribution in [3.8, 4) is 0 Å². The number of rotatable bonds is 5. The monoisotopic (exact) mass is 228 g/mol. The zero-order valence-corrected chi connectivity index (χ0v) is 9.02. The van der Waals surface area contributed by atoms with Gasteiger partial charge in [0.15, 0.2) is 11.6 Å². The average Bonchev–Trinajstić information content (AvgIpc) is 2.25. The number of hydrogen-bond acceptors (Lipinski definition) is 2. The van der Waals surface area contributed by atoms with E-state index in [0.29, 0.717) is 6.54 Å². The summed E-state index contributed by atoms with van der Waals surface area (Å²) in [5, 5.41) is 5.28. The molecule has 1 rings (SSSR count). The van der Waals surface area contributed by atoms with Crippen molar-refractivity contribution in [3.05, 3.63) is 29.8 Å². The average molecular weight is 228 g/mol. The lowest BCUT2D eigenvalue weighted by atomic mass is 10.3. The molecule has 0 aromatic heterocycles. The topological polar surface area (TPSA) is 41.1 Å². The van der Waals surface area contributed by atoms with Crippen LogP contribution in [0.2, 0.25) is 0 Å². The van der Waals surface area contributed by atoms with E-state index in [9.17, 15) is 13.6 Å². The molecule has 0 fully saturated rings. The van der Waals surface area contributed by atoms with Crippen LogP contribution < -0.4 is 10.6 Å². The van der Waals surface area contributed by atoms with Crippen molar-refractivity contribution < 1.29 is 13.6 Å². The Morgan fingerprint density at radius 1 is 1.38 bits per heavy atom. The van der Waals surface area contributed by atoms with Gasteiger partial charge >= 0.3 is 0 Å². The summed E-state index contributed by atoms with van der Waals surface area (Å²) < 4.78 is 25.9. The van der Waals surface area contributed by atoms with Crippen LogP contribution in [-0.4, -0.2) is 19.0 Å². The summed E-state index contributed by atoms with van der Waals surface area (Å²) in [5.74, 6) is -2.34. The minimum absolute atomic E-state index is 0.124. The van der Waals surface area contributed by atoms with Gasteiger partial charge in [-0.3, -0.25) is 4.79 Å². The van der Waals surface area contributed by atoms with Crippen LogP contribution >= 0.6 is 0 Å². The lowest BCUT2D eigenvalue weighted by molar-refractivity contribution is -0.116. The Bertz CT molecular complexity index is 369.